The van der Waals surface area contributed by atoms with Gasteiger partial charge in [-0.25, -0.2) is 0 Å². The molecule has 1 aromatic heterocycles. The van der Waals surface area contributed by atoms with Crippen LogP contribution in [0.2, 0.25) is 0 Å². The standard InChI is InChI=1S/C22H24O3/c1-4-5-6-9-14-12-16-19(13-17(14)23)25-22(2,3)21-20(16)15-10-7-8-11-18(15)24-21/h7-8,10-13,23H,4-6,9H2,1-3H3. The summed E-state index contributed by atoms with van der Waals surface area (Å²) >= 11 is 0. The van der Waals surface area contributed by atoms with E-state index in [0.717, 1.165) is 52.0 Å². The van der Waals surface area contributed by atoms with E-state index >= 15 is 0 Å². The molecule has 1 aliphatic heterocycles. The molecule has 0 atom stereocenters. The van der Waals surface area contributed by atoms with Gasteiger partial charge in [-0.2, -0.15) is 0 Å². The molecule has 1 aliphatic rings. The summed E-state index contributed by atoms with van der Waals surface area (Å²) in [5.41, 5.74) is 3.39. The van der Waals surface area contributed by atoms with Gasteiger partial charge in [-0.05, 0) is 44.4 Å². The lowest BCUT2D eigenvalue weighted by Gasteiger charge is -2.31. The lowest BCUT2D eigenvalue weighted by molar-refractivity contribution is 0.0810. The summed E-state index contributed by atoms with van der Waals surface area (Å²) < 4.78 is 12.3. The maximum Gasteiger partial charge on any atom is 0.161 e. The Hall–Kier alpha value is -2.42. The van der Waals surface area contributed by atoms with Gasteiger partial charge in [0.1, 0.15) is 17.1 Å². The molecule has 0 unspecified atom stereocenters. The Morgan fingerprint density at radius 2 is 1.88 bits per heavy atom. The van der Waals surface area contributed by atoms with Crippen LogP contribution in [0.1, 0.15) is 51.4 Å². The second-order valence-corrected chi connectivity index (χ2v) is 7.35. The Balaban J connectivity index is 1.91. The van der Waals surface area contributed by atoms with Crippen molar-refractivity contribution in [3.8, 4) is 22.6 Å². The Labute approximate surface area is 148 Å². The zero-order valence-electron chi connectivity index (χ0n) is 15.1. The van der Waals surface area contributed by atoms with Gasteiger partial charge in [0.25, 0.3) is 0 Å². The molecule has 2 aromatic carbocycles. The maximum absolute atomic E-state index is 10.4. The largest absolute Gasteiger partial charge is 0.508 e. The predicted octanol–water partition coefficient (Wildman–Crippen LogP) is 6.17. The first-order valence-electron chi connectivity index (χ1n) is 9.08. The van der Waals surface area contributed by atoms with E-state index in [1.165, 1.54) is 12.8 Å². The lowest BCUT2D eigenvalue weighted by Crippen LogP contribution is -2.28. The van der Waals surface area contributed by atoms with Crippen LogP contribution in [-0.4, -0.2) is 5.11 Å². The Bertz CT molecular complexity index is 934. The summed E-state index contributed by atoms with van der Waals surface area (Å²) in [7, 11) is 0. The molecule has 1 N–H and O–H groups in total. The van der Waals surface area contributed by atoms with Crippen LogP contribution >= 0.6 is 0 Å². The monoisotopic (exact) mass is 336 g/mol. The Kier molecular flexibility index (Phi) is 3.75. The predicted molar refractivity (Wildman–Crippen MR) is 100 cm³/mol. The number of para-hydroxylation sites is 1. The zero-order valence-corrected chi connectivity index (χ0v) is 15.1. The molecule has 0 spiro atoms. The van der Waals surface area contributed by atoms with Crippen LogP contribution in [0.3, 0.4) is 0 Å². The number of hydrogen-bond donors (Lipinski definition) is 1. The number of aryl methyl sites for hydroxylation is 1. The number of ether oxygens (including phenoxy) is 1. The van der Waals surface area contributed by atoms with E-state index in [2.05, 4.69) is 19.1 Å². The summed E-state index contributed by atoms with van der Waals surface area (Å²) in [4.78, 5) is 0. The third kappa shape index (κ3) is 2.58. The van der Waals surface area contributed by atoms with E-state index in [0.29, 0.717) is 5.75 Å². The number of phenols is 1. The zero-order chi connectivity index (χ0) is 17.6. The molecule has 0 fully saturated rings. The third-order valence-corrected chi connectivity index (χ3v) is 5.01. The van der Waals surface area contributed by atoms with E-state index in [9.17, 15) is 5.11 Å². The molecule has 0 bridgehead atoms. The molecule has 3 nitrogen and oxygen atoms in total. The molecule has 0 radical (unpaired) electrons. The highest BCUT2D eigenvalue weighted by molar-refractivity contribution is 5.98. The van der Waals surface area contributed by atoms with Crippen molar-refractivity contribution in [2.24, 2.45) is 0 Å². The molecule has 3 heteroatoms. The average molecular weight is 336 g/mol. The third-order valence-electron chi connectivity index (χ3n) is 5.01. The van der Waals surface area contributed by atoms with Gasteiger partial charge in [-0.15, -0.1) is 0 Å². The molecule has 0 saturated carbocycles. The van der Waals surface area contributed by atoms with Gasteiger partial charge in [0.05, 0.1) is 0 Å². The number of phenolic OH excluding ortho intramolecular Hbond substituents is 1. The van der Waals surface area contributed by atoms with Gasteiger partial charge in [-0.3, -0.25) is 0 Å². The summed E-state index contributed by atoms with van der Waals surface area (Å²) in [5.74, 6) is 1.90. The van der Waals surface area contributed by atoms with Gasteiger partial charge in [0.2, 0.25) is 0 Å². The second kappa shape index (κ2) is 5.83. The first-order chi connectivity index (χ1) is 12.0. The molecule has 0 saturated heterocycles. The molecule has 3 aromatic rings. The number of hydrogen-bond acceptors (Lipinski definition) is 3. The van der Waals surface area contributed by atoms with Crippen molar-refractivity contribution < 1.29 is 14.3 Å². The summed E-state index contributed by atoms with van der Waals surface area (Å²) in [5, 5.41) is 11.5. The van der Waals surface area contributed by atoms with Crippen molar-refractivity contribution in [1.82, 2.24) is 0 Å². The molecular weight excluding hydrogens is 312 g/mol. The lowest BCUT2D eigenvalue weighted by atomic mass is 9.89. The van der Waals surface area contributed by atoms with Crippen molar-refractivity contribution >= 4 is 11.0 Å². The highest BCUT2D eigenvalue weighted by Crippen LogP contribution is 2.51. The minimum Gasteiger partial charge on any atom is -0.508 e. The number of benzene rings is 2. The molecule has 130 valence electrons. The minimum absolute atomic E-state index is 0.321. The highest BCUT2D eigenvalue weighted by Gasteiger charge is 2.38. The summed E-state index contributed by atoms with van der Waals surface area (Å²) in [6.45, 7) is 6.19. The van der Waals surface area contributed by atoms with Gasteiger partial charge < -0.3 is 14.3 Å². The number of rotatable bonds is 4. The van der Waals surface area contributed by atoms with Crippen molar-refractivity contribution in [2.75, 3.05) is 0 Å². The van der Waals surface area contributed by atoms with E-state index in [-0.39, 0.29) is 0 Å². The molecule has 0 aliphatic carbocycles. The Morgan fingerprint density at radius 1 is 1.08 bits per heavy atom. The topological polar surface area (TPSA) is 42.6 Å². The fourth-order valence-electron chi connectivity index (χ4n) is 3.72. The van der Waals surface area contributed by atoms with Crippen LogP contribution in [0.25, 0.3) is 22.1 Å². The van der Waals surface area contributed by atoms with Crippen LogP contribution in [0, 0.1) is 0 Å². The van der Waals surface area contributed by atoms with Crippen LogP contribution in [0.5, 0.6) is 11.5 Å². The fraction of sp³-hybridized carbons (Fsp3) is 0.364. The Morgan fingerprint density at radius 3 is 2.68 bits per heavy atom. The van der Waals surface area contributed by atoms with Crippen molar-refractivity contribution in [2.45, 2.75) is 52.1 Å². The van der Waals surface area contributed by atoms with Crippen LogP contribution < -0.4 is 4.74 Å². The van der Waals surface area contributed by atoms with Gasteiger partial charge in [0.15, 0.2) is 11.4 Å². The van der Waals surface area contributed by atoms with Gasteiger partial charge >= 0.3 is 0 Å². The number of unbranched alkanes of at least 4 members (excludes halogenated alkanes) is 2. The SMILES string of the molecule is CCCCCc1cc2c(cc1O)OC(C)(C)c1oc3ccccc3c1-2. The normalized spacial score (nSPS) is 14.8. The van der Waals surface area contributed by atoms with Crippen LogP contribution in [-0.2, 0) is 12.0 Å². The number of fused-ring (bicyclic) bond motifs is 5. The summed E-state index contributed by atoms with van der Waals surface area (Å²) in [6.07, 6.45) is 4.29. The van der Waals surface area contributed by atoms with Crippen molar-refractivity contribution in [1.29, 1.82) is 0 Å². The maximum atomic E-state index is 10.4. The number of furan rings is 1. The quantitative estimate of drug-likeness (QED) is 0.580. The first-order valence-corrected chi connectivity index (χ1v) is 9.08. The fourth-order valence-corrected chi connectivity index (χ4v) is 3.72. The van der Waals surface area contributed by atoms with E-state index in [1.54, 1.807) is 6.07 Å². The molecule has 2 heterocycles. The van der Waals surface area contributed by atoms with Crippen molar-refractivity contribution in [3.05, 3.63) is 47.7 Å². The van der Waals surface area contributed by atoms with Crippen LogP contribution in [0.4, 0.5) is 0 Å². The molecular formula is C22H24O3. The molecule has 25 heavy (non-hydrogen) atoms. The molecule has 0 amide bonds. The van der Waals surface area contributed by atoms with Gasteiger partial charge in [0, 0.05) is 22.6 Å². The highest BCUT2D eigenvalue weighted by atomic mass is 16.5. The van der Waals surface area contributed by atoms with Crippen molar-refractivity contribution in [3.63, 3.8) is 0 Å². The van der Waals surface area contributed by atoms with Gasteiger partial charge in [-0.1, -0.05) is 38.0 Å². The summed E-state index contributed by atoms with van der Waals surface area (Å²) in [6, 6.07) is 11.9. The average Bonchev–Trinajstić information content (AvgIpc) is 2.97. The molecule has 4 rings (SSSR count). The first kappa shape index (κ1) is 16.1. The number of aromatic hydroxyl groups is 1. The van der Waals surface area contributed by atoms with E-state index in [4.69, 9.17) is 9.15 Å². The van der Waals surface area contributed by atoms with E-state index < -0.39 is 5.60 Å². The smallest absolute Gasteiger partial charge is 0.161 e. The minimum atomic E-state index is -0.572. The van der Waals surface area contributed by atoms with Crippen LogP contribution in [0.15, 0.2) is 40.8 Å². The van der Waals surface area contributed by atoms with E-state index in [1.807, 2.05) is 32.0 Å². The second-order valence-electron chi connectivity index (χ2n) is 7.35.